The van der Waals surface area contributed by atoms with Gasteiger partial charge in [0, 0.05) is 11.6 Å². The SMILES string of the molecule is CC(=O)c1c(C)nn(CC(=O)N[C@@H](C)c2nnc(C(C)C)o2)c1C. The molecule has 130 valence electrons. The van der Waals surface area contributed by atoms with E-state index >= 15 is 0 Å². The van der Waals surface area contributed by atoms with Crippen LogP contribution in [-0.4, -0.2) is 31.7 Å². The summed E-state index contributed by atoms with van der Waals surface area (Å²) < 4.78 is 7.06. The molecule has 0 radical (unpaired) electrons. The van der Waals surface area contributed by atoms with Gasteiger partial charge in [-0.3, -0.25) is 14.3 Å². The molecule has 0 spiro atoms. The van der Waals surface area contributed by atoms with Crippen LogP contribution in [0.4, 0.5) is 0 Å². The maximum atomic E-state index is 12.2. The lowest BCUT2D eigenvalue weighted by Gasteiger charge is -2.11. The number of rotatable bonds is 6. The van der Waals surface area contributed by atoms with Gasteiger partial charge in [0.25, 0.3) is 0 Å². The van der Waals surface area contributed by atoms with Crippen LogP contribution < -0.4 is 5.32 Å². The van der Waals surface area contributed by atoms with Crippen LogP contribution in [0.1, 0.15) is 73.2 Å². The minimum atomic E-state index is -0.401. The molecule has 24 heavy (non-hydrogen) atoms. The Labute approximate surface area is 140 Å². The standard InChI is InChI=1S/C16H23N5O3/c1-8(2)15-18-19-16(24-15)10(4)17-13(23)7-21-11(5)14(12(6)22)9(3)20-21/h8,10H,7H2,1-6H3,(H,17,23)/t10-/m0/s1. The number of Topliss-reactive ketones (excluding diaryl/α,β-unsaturated/α-hetero) is 1. The van der Waals surface area contributed by atoms with Gasteiger partial charge in [0.2, 0.25) is 17.7 Å². The number of hydrogen-bond acceptors (Lipinski definition) is 6. The van der Waals surface area contributed by atoms with Crippen LogP contribution in [0.3, 0.4) is 0 Å². The number of carbonyl (C=O) groups is 2. The summed E-state index contributed by atoms with van der Waals surface area (Å²) >= 11 is 0. The van der Waals surface area contributed by atoms with Crippen molar-refractivity contribution in [3.05, 3.63) is 28.7 Å². The molecule has 2 aromatic heterocycles. The van der Waals surface area contributed by atoms with Crippen LogP contribution in [0.2, 0.25) is 0 Å². The van der Waals surface area contributed by atoms with Gasteiger partial charge in [0.1, 0.15) is 12.6 Å². The zero-order valence-electron chi connectivity index (χ0n) is 14.9. The Morgan fingerprint density at radius 3 is 2.29 bits per heavy atom. The summed E-state index contributed by atoms with van der Waals surface area (Å²) in [5.41, 5.74) is 1.87. The van der Waals surface area contributed by atoms with Crippen molar-refractivity contribution in [1.82, 2.24) is 25.3 Å². The molecule has 0 saturated carbocycles. The molecule has 1 atom stereocenters. The second kappa shape index (κ2) is 6.94. The van der Waals surface area contributed by atoms with Crippen LogP contribution in [-0.2, 0) is 11.3 Å². The van der Waals surface area contributed by atoms with E-state index in [0.29, 0.717) is 28.7 Å². The topological polar surface area (TPSA) is 103 Å². The summed E-state index contributed by atoms with van der Waals surface area (Å²) in [6.07, 6.45) is 0. The molecular weight excluding hydrogens is 310 g/mol. The molecule has 0 aliphatic carbocycles. The summed E-state index contributed by atoms with van der Waals surface area (Å²) in [4.78, 5) is 23.9. The number of nitrogens with zero attached hydrogens (tertiary/aromatic N) is 4. The van der Waals surface area contributed by atoms with E-state index in [-0.39, 0.29) is 24.2 Å². The smallest absolute Gasteiger partial charge is 0.242 e. The first kappa shape index (κ1) is 17.8. The van der Waals surface area contributed by atoms with Gasteiger partial charge >= 0.3 is 0 Å². The minimum Gasteiger partial charge on any atom is -0.423 e. The van der Waals surface area contributed by atoms with E-state index in [1.807, 2.05) is 13.8 Å². The third kappa shape index (κ3) is 3.69. The molecule has 8 nitrogen and oxygen atoms in total. The Balaban J connectivity index is 2.05. The van der Waals surface area contributed by atoms with Crippen LogP contribution in [0, 0.1) is 13.8 Å². The van der Waals surface area contributed by atoms with Crippen molar-refractivity contribution in [3.63, 3.8) is 0 Å². The normalized spacial score (nSPS) is 12.5. The number of amides is 1. The first-order chi connectivity index (χ1) is 11.2. The monoisotopic (exact) mass is 333 g/mol. The molecule has 0 aliphatic heterocycles. The van der Waals surface area contributed by atoms with Crippen molar-refractivity contribution in [3.8, 4) is 0 Å². The Morgan fingerprint density at radius 1 is 1.17 bits per heavy atom. The molecule has 2 heterocycles. The Bertz CT molecular complexity index is 760. The molecule has 8 heteroatoms. The van der Waals surface area contributed by atoms with Crippen molar-refractivity contribution in [1.29, 1.82) is 0 Å². The lowest BCUT2D eigenvalue weighted by Crippen LogP contribution is -2.31. The fourth-order valence-corrected chi connectivity index (χ4v) is 2.50. The molecule has 2 aromatic rings. The summed E-state index contributed by atoms with van der Waals surface area (Å²) in [7, 11) is 0. The molecule has 0 aliphatic rings. The van der Waals surface area contributed by atoms with Crippen LogP contribution in [0.15, 0.2) is 4.42 Å². The molecule has 1 N–H and O–H groups in total. The summed E-state index contributed by atoms with van der Waals surface area (Å²) in [6, 6.07) is -0.401. The molecule has 0 fully saturated rings. The minimum absolute atomic E-state index is 0.0233. The quantitative estimate of drug-likeness (QED) is 0.812. The number of aryl methyl sites for hydroxylation is 1. The molecule has 0 bridgehead atoms. The zero-order chi connectivity index (χ0) is 18.0. The van der Waals surface area contributed by atoms with E-state index < -0.39 is 6.04 Å². The van der Waals surface area contributed by atoms with Crippen molar-refractivity contribution < 1.29 is 14.0 Å². The fourth-order valence-electron chi connectivity index (χ4n) is 2.50. The number of hydrogen-bond donors (Lipinski definition) is 1. The average Bonchev–Trinajstić information content (AvgIpc) is 3.04. The molecule has 0 aromatic carbocycles. The number of nitrogens with one attached hydrogen (secondary N) is 1. The van der Waals surface area contributed by atoms with E-state index in [4.69, 9.17) is 4.42 Å². The van der Waals surface area contributed by atoms with E-state index in [1.54, 1.807) is 20.8 Å². The van der Waals surface area contributed by atoms with Crippen molar-refractivity contribution in [2.45, 2.75) is 60.0 Å². The summed E-state index contributed by atoms with van der Waals surface area (Å²) in [5.74, 6) is 0.735. The molecule has 0 saturated heterocycles. The van der Waals surface area contributed by atoms with Gasteiger partial charge in [-0.25, -0.2) is 0 Å². The van der Waals surface area contributed by atoms with Gasteiger partial charge in [0.15, 0.2) is 5.78 Å². The zero-order valence-corrected chi connectivity index (χ0v) is 14.9. The Hall–Kier alpha value is -2.51. The predicted octanol–water partition coefficient (Wildman–Crippen LogP) is 2.09. The third-order valence-corrected chi connectivity index (χ3v) is 3.73. The second-order valence-electron chi connectivity index (χ2n) is 6.18. The fraction of sp³-hybridized carbons (Fsp3) is 0.562. The van der Waals surface area contributed by atoms with E-state index in [0.717, 1.165) is 0 Å². The number of carbonyl (C=O) groups excluding carboxylic acids is 2. The average molecular weight is 333 g/mol. The summed E-state index contributed by atoms with van der Waals surface area (Å²) in [5, 5.41) is 15.0. The van der Waals surface area contributed by atoms with E-state index in [2.05, 4.69) is 20.6 Å². The molecule has 1 amide bonds. The first-order valence-electron chi connectivity index (χ1n) is 7.88. The van der Waals surface area contributed by atoms with Gasteiger partial charge in [-0.05, 0) is 27.7 Å². The van der Waals surface area contributed by atoms with Crippen molar-refractivity contribution in [2.24, 2.45) is 0 Å². The van der Waals surface area contributed by atoms with Gasteiger partial charge in [-0.15, -0.1) is 10.2 Å². The Kier molecular flexibility index (Phi) is 5.16. The lowest BCUT2D eigenvalue weighted by molar-refractivity contribution is -0.122. The van der Waals surface area contributed by atoms with Gasteiger partial charge in [0.05, 0.1) is 11.3 Å². The first-order valence-corrected chi connectivity index (χ1v) is 7.88. The third-order valence-electron chi connectivity index (χ3n) is 3.73. The maximum Gasteiger partial charge on any atom is 0.242 e. The molecular formula is C16H23N5O3. The highest BCUT2D eigenvalue weighted by Gasteiger charge is 2.20. The summed E-state index contributed by atoms with van der Waals surface area (Å²) in [6.45, 7) is 10.7. The van der Waals surface area contributed by atoms with Crippen LogP contribution in [0.25, 0.3) is 0 Å². The molecule has 2 rings (SSSR count). The molecule has 0 unspecified atom stereocenters. The number of aromatic nitrogens is 4. The van der Waals surface area contributed by atoms with Crippen molar-refractivity contribution in [2.75, 3.05) is 0 Å². The highest BCUT2D eigenvalue weighted by Crippen LogP contribution is 2.17. The highest BCUT2D eigenvalue weighted by molar-refractivity contribution is 5.96. The van der Waals surface area contributed by atoms with Gasteiger partial charge < -0.3 is 9.73 Å². The van der Waals surface area contributed by atoms with Crippen LogP contribution in [0.5, 0.6) is 0 Å². The van der Waals surface area contributed by atoms with Crippen molar-refractivity contribution >= 4 is 11.7 Å². The van der Waals surface area contributed by atoms with Gasteiger partial charge in [-0.1, -0.05) is 13.8 Å². The van der Waals surface area contributed by atoms with Crippen LogP contribution >= 0.6 is 0 Å². The largest absolute Gasteiger partial charge is 0.423 e. The Morgan fingerprint density at radius 2 is 1.79 bits per heavy atom. The lowest BCUT2D eigenvalue weighted by atomic mass is 10.1. The van der Waals surface area contributed by atoms with E-state index in [9.17, 15) is 9.59 Å². The van der Waals surface area contributed by atoms with E-state index in [1.165, 1.54) is 11.6 Å². The van der Waals surface area contributed by atoms with Gasteiger partial charge in [-0.2, -0.15) is 5.10 Å². The second-order valence-corrected chi connectivity index (χ2v) is 6.18. The predicted molar refractivity (Wildman–Crippen MR) is 86.7 cm³/mol. The highest BCUT2D eigenvalue weighted by atomic mass is 16.4. The number of ketones is 1. The maximum absolute atomic E-state index is 12.2.